The molecule has 0 aromatic heterocycles. The van der Waals surface area contributed by atoms with Crippen molar-refractivity contribution >= 4 is 13.6 Å². The first kappa shape index (κ1) is 23.5. The zero-order chi connectivity index (χ0) is 19.3. The van der Waals surface area contributed by atoms with Gasteiger partial charge in [0.15, 0.2) is 5.60 Å². The first-order valence-electron chi connectivity index (χ1n) is 8.32. The topological polar surface area (TPSA) is 85.3 Å². The van der Waals surface area contributed by atoms with Crippen LogP contribution < -0.4 is 0 Å². The Labute approximate surface area is 146 Å². The highest BCUT2D eigenvalue weighted by molar-refractivity contribution is 7.54. The standard InChI is InChI=1S/C16H34NO6P/c1-10-21-24(20,22-11-2)13(15(5,6)7)17(12(3)4)23-16(8,9)14(18)19/h12-13H,10-11H2,1-9H3,(H,18,19). The molecule has 1 N–H and O–H groups in total. The van der Waals surface area contributed by atoms with Crippen LogP contribution in [0.4, 0.5) is 0 Å². The van der Waals surface area contributed by atoms with Gasteiger partial charge < -0.3 is 14.2 Å². The quantitative estimate of drug-likeness (QED) is 0.459. The number of hydrogen-bond acceptors (Lipinski definition) is 6. The van der Waals surface area contributed by atoms with Crippen molar-refractivity contribution in [3.05, 3.63) is 0 Å². The SMILES string of the molecule is CCOP(=O)(OCC)C(N(OC(C)(C)C(=O)O)C(C)C)C(C)(C)C. The molecule has 0 aromatic carbocycles. The molecule has 0 aliphatic heterocycles. The first-order valence-corrected chi connectivity index (χ1v) is 9.93. The average molecular weight is 367 g/mol. The molecule has 24 heavy (non-hydrogen) atoms. The summed E-state index contributed by atoms with van der Waals surface area (Å²) < 4.78 is 24.5. The van der Waals surface area contributed by atoms with Crippen molar-refractivity contribution in [2.45, 2.75) is 79.7 Å². The lowest BCUT2D eigenvalue weighted by Crippen LogP contribution is -2.53. The summed E-state index contributed by atoms with van der Waals surface area (Å²) in [6, 6.07) is -0.234. The molecule has 7 nitrogen and oxygen atoms in total. The van der Waals surface area contributed by atoms with Crippen molar-refractivity contribution in [2.24, 2.45) is 5.41 Å². The molecular weight excluding hydrogens is 333 g/mol. The van der Waals surface area contributed by atoms with E-state index in [2.05, 4.69) is 0 Å². The minimum absolute atomic E-state index is 0.220. The molecule has 144 valence electrons. The Morgan fingerprint density at radius 3 is 1.75 bits per heavy atom. The van der Waals surface area contributed by atoms with E-state index in [-0.39, 0.29) is 19.3 Å². The lowest BCUT2D eigenvalue weighted by Gasteiger charge is -2.45. The Hall–Kier alpha value is -0.460. The molecule has 0 saturated carbocycles. The van der Waals surface area contributed by atoms with Gasteiger partial charge >= 0.3 is 13.6 Å². The molecule has 0 radical (unpaired) electrons. The summed E-state index contributed by atoms with van der Waals surface area (Å²) in [7, 11) is -3.57. The molecule has 0 aliphatic carbocycles. The van der Waals surface area contributed by atoms with Crippen LogP contribution in [0.25, 0.3) is 0 Å². The van der Waals surface area contributed by atoms with Crippen LogP contribution in [0.1, 0.15) is 62.3 Å². The number of carboxylic acid groups (broad SMARTS) is 1. The van der Waals surface area contributed by atoms with Crippen LogP contribution in [0.2, 0.25) is 0 Å². The molecule has 1 unspecified atom stereocenters. The maximum absolute atomic E-state index is 13.4. The van der Waals surface area contributed by atoms with Gasteiger partial charge in [0, 0.05) is 6.04 Å². The molecular formula is C16H34NO6P. The fourth-order valence-electron chi connectivity index (χ4n) is 2.27. The van der Waals surface area contributed by atoms with Crippen LogP contribution in [0, 0.1) is 5.41 Å². The minimum atomic E-state index is -3.57. The Balaban J connectivity index is 6.07. The number of nitrogens with zero attached hydrogens (tertiary/aromatic N) is 1. The summed E-state index contributed by atoms with van der Waals surface area (Å²) in [4.78, 5) is 17.3. The third kappa shape index (κ3) is 6.12. The van der Waals surface area contributed by atoms with E-state index in [0.29, 0.717) is 0 Å². The molecule has 0 aliphatic rings. The van der Waals surface area contributed by atoms with Crippen molar-refractivity contribution in [3.8, 4) is 0 Å². The Kier molecular flexibility index (Phi) is 8.60. The van der Waals surface area contributed by atoms with Gasteiger partial charge in [0.25, 0.3) is 0 Å². The van der Waals surface area contributed by atoms with E-state index in [0.717, 1.165) is 0 Å². The van der Waals surface area contributed by atoms with Gasteiger partial charge in [0.2, 0.25) is 0 Å². The minimum Gasteiger partial charge on any atom is -0.479 e. The lowest BCUT2D eigenvalue weighted by molar-refractivity contribution is -0.270. The summed E-state index contributed by atoms with van der Waals surface area (Å²) in [6.45, 7) is 16.2. The second-order valence-corrected chi connectivity index (χ2v) is 9.56. The van der Waals surface area contributed by atoms with Gasteiger partial charge in [-0.25, -0.2) is 4.79 Å². The van der Waals surface area contributed by atoms with Gasteiger partial charge in [0.05, 0.1) is 13.2 Å². The molecule has 0 rings (SSSR count). The second kappa shape index (κ2) is 8.77. The van der Waals surface area contributed by atoms with E-state index >= 15 is 0 Å². The molecule has 0 heterocycles. The number of rotatable bonds is 10. The summed E-state index contributed by atoms with van der Waals surface area (Å²) >= 11 is 0. The molecule has 0 fully saturated rings. The zero-order valence-corrected chi connectivity index (χ0v) is 17.3. The summed E-state index contributed by atoms with van der Waals surface area (Å²) in [6.07, 6.45) is 0. The number of carbonyl (C=O) groups is 1. The number of carboxylic acids is 1. The molecule has 0 aromatic rings. The van der Waals surface area contributed by atoms with Crippen molar-refractivity contribution in [3.63, 3.8) is 0 Å². The van der Waals surface area contributed by atoms with E-state index < -0.39 is 30.4 Å². The highest BCUT2D eigenvalue weighted by Crippen LogP contribution is 2.60. The molecule has 0 bridgehead atoms. The molecule has 0 spiro atoms. The number of aliphatic carboxylic acids is 1. The maximum Gasteiger partial charge on any atom is 0.350 e. The second-order valence-electron chi connectivity index (χ2n) is 7.48. The maximum atomic E-state index is 13.4. The van der Waals surface area contributed by atoms with Crippen molar-refractivity contribution in [1.82, 2.24) is 5.06 Å². The van der Waals surface area contributed by atoms with Gasteiger partial charge in [-0.1, -0.05) is 20.8 Å². The third-order valence-corrected chi connectivity index (χ3v) is 6.13. The van der Waals surface area contributed by atoms with Crippen LogP contribution in [0.15, 0.2) is 0 Å². The predicted molar refractivity (Wildman–Crippen MR) is 93.9 cm³/mol. The molecule has 0 amide bonds. The normalized spacial score (nSPS) is 15.1. The third-order valence-electron chi connectivity index (χ3n) is 3.29. The van der Waals surface area contributed by atoms with E-state index in [1.807, 2.05) is 34.6 Å². The fourth-order valence-corrected chi connectivity index (χ4v) is 4.89. The Morgan fingerprint density at radius 1 is 1.08 bits per heavy atom. The summed E-state index contributed by atoms with van der Waals surface area (Å²) in [5.74, 6) is -1.87. The van der Waals surface area contributed by atoms with Crippen LogP contribution in [-0.4, -0.2) is 46.8 Å². The van der Waals surface area contributed by atoms with Gasteiger partial charge in [-0.15, -0.1) is 0 Å². The lowest BCUT2D eigenvalue weighted by atomic mass is 9.95. The van der Waals surface area contributed by atoms with E-state index in [1.165, 1.54) is 18.9 Å². The molecule has 1 atom stereocenters. The van der Waals surface area contributed by atoms with E-state index in [1.54, 1.807) is 13.8 Å². The Morgan fingerprint density at radius 2 is 1.50 bits per heavy atom. The highest BCUT2D eigenvalue weighted by Gasteiger charge is 2.50. The number of hydrogen-bond donors (Lipinski definition) is 1. The van der Waals surface area contributed by atoms with Gasteiger partial charge in [-0.2, -0.15) is 5.06 Å². The van der Waals surface area contributed by atoms with Crippen molar-refractivity contribution < 1.29 is 28.4 Å². The van der Waals surface area contributed by atoms with Crippen LogP contribution >= 0.6 is 7.60 Å². The molecule has 8 heteroatoms. The van der Waals surface area contributed by atoms with Crippen molar-refractivity contribution in [2.75, 3.05) is 13.2 Å². The van der Waals surface area contributed by atoms with Crippen LogP contribution in [0.5, 0.6) is 0 Å². The fraction of sp³-hybridized carbons (Fsp3) is 0.938. The van der Waals surface area contributed by atoms with Gasteiger partial charge in [0.1, 0.15) is 5.78 Å². The predicted octanol–water partition coefficient (Wildman–Crippen LogP) is 4.13. The highest BCUT2D eigenvalue weighted by atomic mass is 31.2. The largest absolute Gasteiger partial charge is 0.479 e. The first-order chi connectivity index (χ1) is 10.7. The Bertz CT molecular complexity index is 448. The number of hydroxylamine groups is 2. The smallest absolute Gasteiger partial charge is 0.350 e. The van der Waals surface area contributed by atoms with Gasteiger partial charge in [-0.05, 0) is 47.0 Å². The van der Waals surface area contributed by atoms with E-state index in [4.69, 9.17) is 13.9 Å². The molecule has 0 saturated heterocycles. The average Bonchev–Trinajstić information content (AvgIpc) is 2.35. The summed E-state index contributed by atoms with van der Waals surface area (Å²) in [5.41, 5.74) is -2.02. The van der Waals surface area contributed by atoms with E-state index in [9.17, 15) is 14.5 Å². The van der Waals surface area contributed by atoms with Gasteiger partial charge in [-0.3, -0.25) is 9.40 Å². The van der Waals surface area contributed by atoms with Crippen LogP contribution in [-0.2, 0) is 23.2 Å². The van der Waals surface area contributed by atoms with Crippen molar-refractivity contribution in [1.29, 1.82) is 0 Å². The van der Waals surface area contributed by atoms with Crippen LogP contribution in [0.3, 0.4) is 0 Å². The summed E-state index contributed by atoms with van der Waals surface area (Å²) in [5, 5.41) is 10.8. The zero-order valence-electron chi connectivity index (χ0n) is 16.5. The monoisotopic (exact) mass is 367 g/mol.